The quantitative estimate of drug-likeness (QED) is 0.679. The van der Waals surface area contributed by atoms with E-state index in [4.69, 9.17) is 4.42 Å². The summed E-state index contributed by atoms with van der Waals surface area (Å²) in [5.74, 6) is 0.731. The normalized spacial score (nSPS) is 10.9. The third kappa shape index (κ3) is 3.58. The van der Waals surface area contributed by atoms with Gasteiger partial charge in [0.2, 0.25) is 0 Å². The van der Waals surface area contributed by atoms with Crippen molar-refractivity contribution < 1.29 is 4.42 Å². The highest BCUT2D eigenvalue weighted by molar-refractivity contribution is 5.05. The fourth-order valence-electron chi connectivity index (χ4n) is 1.06. The molecule has 0 spiro atoms. The Morgan fingerprint density at radius 2 is 2.33 bits per heavy atom. The summed E-state index contributed by atoms with van der Waals surface area (Å²) in [7, 11) is 0. The minimum absolute atomic E-state index is 0.731. The Kier molecular flexibility index (Phi) is 3.88. The lowest BCUT2D eigenvalue weighted by Crippen LogP contribution is -2.21. The van der Waals surface area contributed by atoms with Gasteiger partial charge in [0.05, 0.1) is 12.5 Å². The van der Waals surface area contributed by atoms with Crippen LogP contribution in [-0.2, 0) is 6.42 Å². The van der Waals surface area contributed by atoms with Gasteiger partial charge in [-0.2, -0.15) is 0 Å². The zero-order chi connectivity index (χ0) is 8.81. The van der Waals surface area contributed by atoms with Crippen molar-refractivity contribution in [1.29, 1.82) is 0 Å². The van der Waals surface area contributed by atoms with Crippen molar-refractivity contribution in [1.82, 2.24) is 5.32 Å². The standard InChI is InChI=1S/C10H17NO/c1-9(2)7-11-5-3-10-4-6-12-8-10/h4,6,8-9,11H,3,5,7H2,1-2H3. The van der Waals surface area contributed by atoms with Crippen LogP contribution < -0.4 is 5.32 Å². The van der Waals surface area contributed by atoms with E-state index in [0.717, 1.165) is 25.4 Å². The maximum atomic E-state index is 4.96. The molecule has 1 rings (SSSR count). The first-order valence-corrected chi connectivity index (χ1v) is 4.51. The number of nitrogens with one attached hydrogen (secondary N) is 1. The van der Waals surface area contributed by atoms with Crippen LogP contribution in [0.1, 0.15) is 19.4 Å². The van der Waals surface area contributed by atoms with Crippen molar-refractivity contribution in [2.45, 2.75) is 20.3 Å². The van der Waals surface area contributed by atoms with Crippen molar-refractivity contribution in [3.05, 3.63) is 24.2 Å². The maximum absolute atomic E-state index is 4.96. The molecule has 0 atom stereocenters. The number of furan rings is 1. The highest BCUT2D eigenvalue weighted by atomic mass is 16.3. The summed E-state index contributed by atoms with van der Waals surface area (Å²) in [6.45, 7) is 6.56. The van der Waals surface area contributed by atoms with Gasteiger partial charge in [0, 0.05) is 0 Å². The van der Waals surface area contributed by atoms with Gasteiger partial charge in [-0.1, -0.05) is 13.8 Å². The molecule has 0 bridgehead atoms. The Bertz CT molecular complexity index is 192. The minimum Gasteiger partial charge on any atom is -0.472 e. The second kappa shape index (κ2) is 4.99. The van der Waals surface area contributed by atoms with Crippen LogP contribution in [-0.4, -0.2) is 13.1 Å². The number of hydrogen-bond acceptors (Lipinski definition) is 2. The molecule has 0 aromatic carbocycles. The SMILES string of the molecule is CC(C)CNCCc1ccoc1. The molecule has 0 saturated carbocycles. The lowest BCUT2D eigenvalue weighted by molar-refractivity contribution is 0.547. The monoisotopic (exact) mass is 167 g/mol. The number of rotatable bonds is 5. The Balaban J connectivity index is 2.04. The Labute approximate surface area is 74.0 Å². The lowest BCUT2D eigenvalue weighted by atomic mass is 10.2. The molecule has 1 heterocycles. The van der Waals surface area contributed by atoms with Gasteiger partial charge < -0.3 is 9.73 Å². The molecule has 0 unspecified atom stereocenters. The molecule has 0 fully saturated rings. The van der Waals surface area contributed by atoms with Crippen molar-refractivity contribution in [3.8, 4) is 0 Å². The van der Waals surface area contributed by atoms with Gasteiger partial charge in [0.15, 0.2) is 0 Å². The van der Waals surface area contributed by atoms with Crippen molar-refractivity contribution >= 4 is 0 Å². The Hall–Kier alpha value is -0.760. The van der Waals surface area contributed by atoms with E-state index in [1.807, 2.05) is 6.07 Å². The van der Waals surface area contributed by atoms with Gasteiger partial charge in [-0.05, 0) is 37.1 Å². The van der Waals surface area contributed by atoms with Gasteiger partial charge in [-0.3, -0.25) is 0 Å². The molecule has 68 valence electrons. The van der Waals surface area contributed by atoms with Crippen LogP contribution in [0, 0.1) is 5.92 Å². The van der Waals surface area contributed by atoms with Gasteiger partial charge in [0.1, 0.15) is 0 Å². The summed E-state index contributed by atoms with van der Waals surface area (Å²) in [4.78, 5) is 0. The molecule has 1 aromatic heterocycles. The summed E-state index contributed by atoms with van der Waals surface area (Å²) < 4.78 is 4.96. The molecular formula is C10H17NO. The van der Waals surface area contributed by atoms with Gasteiger partial charge in [0.25, 0.3) is 0 Å². The predicted molar refractivity (Wildman–Crippen MR) is 50.1 cm³/mol. The summed E-state index contributed by atoms with van der Waals surface area (Å²) in [5.41, 5.74) is 1.27. The summed E-state index contributed by atoms with van der Waals surface area (Å²) in [5, 5.41) is 3.38. The Morgan fingerprint density at radius 1 is 1.50 bits per heavy atom. The van der Waals surface area contributed by atoms with E-state index in [-0.39, 0.29) is 0 Å². The molecule has 1 aromatic rings. The van der Waals surface area contributed by atoms with Crippen LogP contribution in [0.4, 0.5) is 0 Å². The maximum Gasteiger partial charge on any atom is 0.0934 e. The summed E-state index contributed by atoms with van der Waals surface area (Å²) >= 11 is 0. The molecule has 0 aliphatic heterocycles. The van der Waals surface area contributed by atoms with Gasteiger partial charge in [-0.25, -0.2) is 0 Å². The molecule has 0 aliphatic carbocycles. The van der Waals surface area contributed by atoms with E-state index in [9.17, 15) is 0 Å². The van der Waals surface area contributed by atoms with E-state index >= 15 is 0 Å². The largest absolute Gasteiger partial charge is 0.472 e. The van der Waals surface area contributed by atoms with Crippen LogP contribution in [0.25, 0.3) is 0 Å². The molecule has 0 amide bonds. The molecule has 2 nitrogen and oxygen atoms in total. The molecule has 0 radical (unpaired) electrons. The zero-order valence-electron chi connectivity index (χ0n) is 7.84. The fourth-order valence-corrected chi connectivity index (χ4v) is 1.06. The van der Waals surface area contributed by atoms with Crippen LogP contribution in [0.2, 0.25) is 0 Å². The topological polar surface area (TPSA) is 25.2 Å². The second-order valence-electron chi connectivity index (χ2n) is 3.48. The third-order valence-corrected chi connectivity index (χ3v) is 1.72. The fraction of sp³-hybridized carbons (Fsp3) is 0.600. The smallest absolute Gasteiger partial charge is 0.0934 e. The van der Waals surface area contributed by atoms with Gasteiger partial charge >= 0.3 is 0 Å². The molecule has 0 saturated heterocycles. The predicted octanol–water partition coefficient (Wildman–Crippen LogP) is 2.07. The average molecular weight is 167 g/mol. The first-order valence-electron chi connectivity index (χ1n) is 4.51. The minimum atomic E-state index is 0.731. The van der Waals surface area contributed by atoms with E-state index in [1.165, 1.54) is 5.56 Å². The molecule has 12 heavy (non-hydrogen) atoms. The first-order chi connectivity index (χ1) is 5.79. The van der Waals surface area contributed by atoms with Crippen molar-refractivity contribution in [2.75, 3.05) is 13.1 Å². The molecule has 0 aliphatic rings. The van der Waals surface area contributed by atoms with Crippen LogP contribution in [0.3, 0.4) is 0 Å². The highest BCUT2D eigenvalue weighted by Gasteiger charge is 1.95. The molecule has 2 heteroatoms. The second-order valence-corrected chi connectivity index (χ2v) is 3.48. The van der Waals surface area contributed by atoms with E-state index in [2.05, 4.69) is 19.2 Å². The van der Waals surface area contributed by atoms with Crippen LogP contribution in [0.15, 0.2) is 23.0 Å². The van der Waals surface area contributed by atoms with E-state index in [0.29, 0.717) is 0 Å². The molecular weight excluding hydrogens is 150 g/mol. The van der Waals surface area contributed by atoms with Crippen LogP contribution >= 0.6 is 0 Å². The Morgan fingerprint density at radius 3 is 2.92 bits per heavy atom. The van der Waals surface area contributed by atoms with E-state index < -0.39 is 0 Å². The van der Waals surface area contributed by atoms with Crippen LogP contribution in [0.5, 0.6) is 0 Å². The average Bonchev–Trinajstić information content (AvgIpc) is 2.49. The third-order valence-electron chi connectivity index (χ3n) is 1.72. The first kappa shape index (κ1) is 9.33. The highest BCUT2D eigenvalue weighted by Crippen LogP contribution is 1.99. The summed E-state index contributed by atoms with van der Waals surface area (Å²) in [6, 6.07) is 2.01. The summed E-state index contributed by atoms with van der Waals surface area (Å²) in [6.07, 6.45) is 4.58. The number of hydrogen-bond donors (Lipinski definition) is 1. The molecule has 1 N–H and O–H groups in total. The van der Waals surface area contributed by atoms with Gasteiger partial charge in [-0.15, -0.1) is 0 Å². The van der Waals surface area contributed by atoms with Crippen molar-refractivity contribution in [3.63, 3.8) is 0 Å². The zero-order valence-corrected chi connectivity index (χ0v) is 7.84. The lowest BCUT2D eigenvalue weighted by Gasteiger charge is -2.05. The van der Waals surface area contributed by atoms with Crippen molar-refractivity contribution in [2.24, 2.45) is 5.92 Å². The van der Waals surface area contributed by atoms with E-state index in [1.54, 1.807) is 12.5 Å².